The molecule has 1 unspecified atom stereocenters. The Morgan fingerprint density at radius 1 is 0.273 bits per heavy atom. The van der Waals surface area contributed by atoms with Crippen molar-refractivity contribution in [3.05, 3.63) is 85.1 Å². The molecule has 0 bridgehead atoms. The molecule has 0 aromatic carbocycles. The van der Waals surface area contributed by atoms with E-state index in [1.54, 1.807) is 0 Å². The number of hydrogen-bond acceptors (Lipinski definition) is 6. The molecule has 444 valence electrons. The van der Waals surface area contributed by atoms with Crippen molar-refractivity contribution in [2.24, 2.45) is 0 Å². The molecule has 0 amide bonds. The van der Waals surface area contributed by atoms with Gasteiger partial charge in [-0.15, -0.1) is 0 Å². The van der Waals surface area contributed by atoms with Gasteiger partial charge in [0.25, 0.3) is 0 Å². The topological polar surface area (TPSA) is 78.9 Å². The van der Waals surface area contributed by atoms with Gasteiger partial charge in [0.1, 0.15) is 13.2 Å². The molecular weight excluding hydrogens is 949 g/mol. The van der Waals surface area contributed by atoms with Crippen LogP contribution in [-0.4, -0.2) is 37.2 Å². The molecule has 0 heterocycles. The van der Waals surface area contributed by atoms with E-state index in [4.69, 9.17) is 14.2 Å². The van der Waals surface area contributed by atoms with Crippen molar-refractivity contribution in [3.63, 3.8) is 0 Å². The first kappa shape index (κ1) is 73.6. The first-order valence-electron chi connectivity index (χ1n) is 33.1. The second-order valence-corrected chi connectivity index (χ2v) is 22.0. The minimum absolute atomic E-state index is 0.0758. The molecule has 0 fully saturated rings. The first-order chi connectivity index (χ1) is 38.0. The van der Waals surface area contributed by atoms with E-state index in [9.17, 15) is 14.4 Å². The van der Waals surface area contributed by atoms with Gasteiger partial charge < -0.3 is 14.2 Å². The third-order valence-electron chi connectivity index (χ3n) is 14.4. The van der Waals surface area contributed by atoms with Crippen LogP contribution >= 0.6 is 0 Å². The average Bonchev–Trinajstić information content (AvgIpc) is 3.43. The summed E-state index contributed by atoms with van der Waals surface area (Å²) in [5, 5.41) is 0. The highest BCUT2D eigenvalue weighted by atomic mass is 16.6. The molecule has 0 aliphatic rings. The normalized spacial score (nSPS) is 12.6. The highest BCUT2D eigenvalue weighted by Gasteiger charge is 2.19. The third kappa shape index (κ3) is 63.3. The van der Waals surface area contributed by atoms with Crippen molar-refractivity contribution in [1.29, 1.82) is 0 Å². The summed E-state index contributed by atoms with van der Waals surface area (Å²) in [5.41, 5.74) is 0. The molecule has 0 aliphatic heterocycles. The second-order valence-electron chi connectivity index (χ2n) is 22.0. The van der Waals surface area contributed by atoms with Crippen LogP contribution in [0.2, 0.25) is 0 Å². The van der Waals surface area contributed by atoms with Gasteiger partial charge in [-0.25, -0.2) is 0 Å². The number of esters is 3. The minimum Gasteiger partial charge on any atom is -0.462 e. The van der Waals surface area contributed by atoms with Gasteiger partial charge in [0.15, 0.2) is 6.10 Å². The van der Waals surface area contributed by atoms with Crippen LogP contribution in [0.1, 0.15) is 329 Å². The molecule has 6 heteroatoms. The number of carbonyl (C=O) groups is 3. The number of rotatable bonds is 60. The Kier molecular flexibility index (Phi) is 62.2. The van der Waals surface area contributed by atoms with E-state index in [1.807, 2.05) is 0 Å². The Morgan fingerprint density at radius 3 is 0.792 bits per heavy atom. The van der Waals surface area contributed by atoms with Crippen LogP contribution in [-0.2, 0) is 28.6 Å². The van der Waals surface area contributed by atoms with Crippen LogP contribution in [0.25, 0.3) is 0 Å². The van der Waals surface area contributed by atoms with E-state index in [2.05, 4.69) is 106 Å². The van der Waals surface area contributed by atoms with Gasteiger partial charge in [-0.2, -0.15) is 0 Å². The fraction of sp³-hybridized carbons (Fsp3) is 0.761. The maximum Gasteiger partial charge on any atom is 0.306 e. The molecule has 0 radical (unpaired) electrons. The van der Waals surface area contributed by atoms with Gasteiger partial charge in [-0.3, -0.25) is 14.4 Å². The second kappa shape index (κ2) is 65.1. The lowest BCUT2D eigenvalue weighted by atomic mass is 10.0. The van der Waals surface area contributed by atoms with Crippen LogP contribution in [0.5, 0.6) is 0 Å². The highest BCUT2D eigenvalue weighted by molar-refractivity contribution is 5.71. The molecule has 6 nitrogen and oxygen atoms in total. The SMILES string of the molecule is CC/C=C\C/C=C\C/C=C\C/C=C\CCCCCCCCCCCCC(=O)OC(COC(=O)CCCCCCCCC)COC(=O)CCCCCCCCCCCCCCCC/C=C\C/C=C\C/C=C\CCCCCCC. The Balaban J connectivity index is 4.10. The van der Waals surface area contributed by atoms with Crippen molar-refractivity contribution in [2.75, 3.05) is 13.2 Å². The molecule has 0 rings (SSSR count). The summed E-state index contributed by atoms with van der Waals surface area (Å²) in [5.74, 6) is -0.875. The molecule has 0 saturated carbocycles. The van der Waals surface area contributed by atoms with E-state index in [0.717, 1.165) is 96.3 Å². The van der Waals surface area contributed by atoms with Crippen molar-refractivity contribution >= 4 is 17.9 Å². The standard InChI is InChI=1S/C71H124O6/c1-4-7-10-13-16-18-20-22-24-26-28-30-32-33-34-35-36-37-39-40-42-44-46-48-50-52-55-58-61-64-70(73)76-67-68(66-75-69(72)63-60-57-54-15-12-9-6-3)77-71(74)65-62-59-56-53-51-49-47-45-43-41-38-31-29-27-25-23-21-19-17-14-11-8-5-2/h8,11,17,19-20,22-23,25-26,28-29,31-33,68H,4-7,9-10,12-16,18,21,24,27,30,34-67H2,1-3H3/b11-8-,19-17-,22-20-,25-23-,28-26-,31-29-,33-32-. The fourth-order valence-corrected chi connectivity index (χ4v) is 9.44. The Hall–Kier alpha value is -3.41. The summed E-state index contributed by atoms with van der Waals surface area (Å²) in [6.07, 6.45) is 86.2. The molecule has 1 atom stereocenters. The van der Waals surface area contributed by atoms with Gasteiger partial charge in [0, 0.05) is 19.3 Å². The van der Waals surface area contributed by atoms with Crippen LogP contribution in [0.3, 0.4) is 0 Å². The molecule has 0 aromatic heterocycles. The summed E-state index contributed by atoms with van der Waals surface area (Å²) in [7, 11) is 0. The first-order valence-corrected chi connectivity index (χ1v) is 33.1. The molecule has 0 aromatic rings. The highest BCUT2D eigenvalue weighted by Crippen LogP contribution is 2.17. The fourth-order valence-electron chi connectivity index (χ4n) is 9.44. The summed E-state index contributed by atoms with van der Waals surface area (Å²) in [6.45, 7) is 6.50. The maximum absolute atomic E-state index is 12.9. The zero-order chi connectivity index (χ0) is 55.7. The van der Waals surface area contributed by atoms with Crippen LogP contribution < -0.4 is 0 Å². The van der Waals surface area contributed by atoms with Crippen LogP contribution in [0.15, 0.2) is 85.1 Å². The Labute approximate surface area is 477 Å². The predicted molar refractivity (Wildman–Crippen MR) is 334 cm³/mol. The van der Waals surface area contributed by atoms with E-state index in [1.165, 1.54) is 193 Å². The monoisotopic (exact) mass is 1070 g/mol. The van der Waals surface area contributed by atoms with Gasteiger partial charge in [-0.05, 0) is 96.3 Å². The van der Waals surface area contributed by atoms with E-state index in [-0.39, 0.29) is 31.1 Å². The van der Waals surface area contributed by atoms with Gasteiger partial charge in [0.05, 0.1) is 0 Å². The van der Waals surface area contributed by atoms with Crippen molar-refractivity contribution in [3.8, 4) is 0 Å². The van der Waals surface area contributed by atoms with E-state index >= 15 is 0 Å². The number of carbonyl (C=O) groups excluding carboxylic acids is 3. The molecular formula is C71H124O6. The Bertz CT molecular complexity index is 1470. The molecule has 77 heavy (non-hydrogen) atoms. The third-order valence-corrected chi connectivity index (χ3v) is 14.4. The predicted octanol–water partition coefficient (Wildman–Crippen LogP) is 22.7. The zero-order valence-electron chi connectivity index (χ0n) is 51.0. The van der Waals surface area contributed by atoms with Crippen molar-refractivity contribution in [2.45, 2.75) is 335 Å². The lowest BCUT2D eigenvalue weighted by Crippen LogP contribution is -2.30. The largest absolute Gasteiger partial charge is 0.462 e. The van der Waals surface area contributed by atoms with Crippen molar-refractivity contribution < 1.29 is 28.6 Å². The number of ether oxygens (including phenoxy) is 3. The summed E-state index contributed by atoms with van der Waals surface area (Å²) in [4.78, 5) is 38.1. The summed E-state index contributed by atoms with van der Waals surface area (Å²) in [6, 6.07) is 0. The molecule has 0 saturated heterocycles. The number of allylic oxidation sites excluding steroid dienone is 14. The number of unbranched alkanes of at least 4 members (excludes halogenated alkanes) is 35. The minimum atomic E-state index is -0.777. The lowest BCUT2D eigenvalue weighted by molar-refractivity contribution is -0.167. The van der Waals surface area contributed by atoms with E-state index < -0.39 is 6.10 Å². The Morgan fingerprint density at radius 2 is 0.506 bits per heavy atom. The lowest BCUT2D eigenvalue weighted by Gasteiger charge is -2.18. The smallest absolute Gasteiger partial charge is 0.306 e. The summed E-state index contributed by atoms with van der Waals surface area (Å²) < 4.78 is 16.9. The molecule has 0 aliphatic carbocycles. The summed E-state index contributed by atoms with van der Waals surface area (Å²) >= 11 is 0. The number of hydrogen-bond donors (Lipinski definition) is 0. The van der Waals surface area contributed by atoms with Crippen LogP contribution in [0.4, 0.5) is 0 Å². The maximum atomic E-state index is 12.9. The zero-order valence-corrected chi connectivity index (χ0v) is 51.0. The van der Waals surface area contributed by atoms with Crippen LogP contribution in [0, 0.1) is 0 Å². The van der Waals surface area contributed by atoms with Gasteiger partial charge >= 0.3 is 17.9 Å². The van der Waals surface area contributed by atoms with Gasteiger partial charge in [-0.1, -0.05) is 298 Å². The molecule has 0 N–H and O–H groups in total. The quantitative estimate of drug-likeness (QED) is 0.0261. The van der Waals surface area contributed by atoms with Crippen molar-refractivity contribution in [1.82, 2.24) is 0 Å². The average molecular weight is 1070 g/mol. The van der Waals surface area contributed by atoms with E-state index in [0.29, 0.717) is 19.3 Å². The van der Waals surface area contributed by atoms with Gasteiger partial charge in [0.2, 0.25) is 0 Å². The molecule has 0 spiro atoms.